The molecule has 0 fully saturated rings. The molecule has 3 rings (SSSR count). The summed E-state index contributed by atoms with van der Waals surface area (Å²) >= 11 is 6.10. The second kappa shape index (κ2) is 8.20. The molecule has 0 radical (unpaired) electrons. The van der Waals surface area contributed by atoms with Gasteiger partial charge in [0.1, 0.15) is 0 Å². The van der Waals surface area contributed by atoms with E-state index in [0.29, 0.717) is 5.02 Å². The largest absolute Gasteiger partial charge is 0.478 e. The van der Waals surface area contributed by atoms with Gasteiger partial charge in [0, 0.05) is 10.6 Å². The summed E-state index contributed by atoms with van der Waals surface area (Å²) in [7, 11) is 0. The molecule has 0 aliphatic carbocycles. The van der Waals surface area contributed by atoms with Crippen molar-refractivity contribution in [1.29, 1.82) is 0 Å². The summed E-state index contributed by atoms with van der Waals surface area (Å²) in [6, 6.07) is 22.3. The first-order valence-corrected chi connectivity index (χ1v) is 8.38. The van der Waals surface area contributed by atoms with Crippen LogP contribution in [0.5, 0.6) is 0 Å². The average molecular weight is 359 g/mol. The minimum absolute atomic E-state index is 0.251. The van der Waals surface area contributed by atoms with E-state index in [4.69, 9.17) is 16.7 Å². The highest BCUT2D eigenvalue weighted by Crippen LogP contribution is 2.26. The molecule has 26 heavy (non-hydrogen) atoms. The Kier molecular flexibility index (Phi) is 5.53. The predicted molar refractivity (Wildman–Crippen MR) is 106 cm³/mol. The molecule has 0 aromatic heterocycles. The maximum absolute atomic E-state index is 10.8. The molecule has 1 N–H and O–H groups in total. The number of benzene rings is 3. The fourth-order valence-electron chi connectivity index (χ4n) is 2.51. The number of carboxylic acids is 1. The van der Waals surface area contributed by atoms with E-state index < -0.39 is 5.97 Å². The van der Waals surface area contributed by atoms with Crippen LogP contribution in [0.4, 0.5) is 0 Å². The van der Waals surface area contributed by atoms with Crippen molar-refractivity contribution in [3.05, 3.63) is 101 Å². The molecule has 126 valence electrons. The molecular formula is C23H15ClO2. The van der Waals surface area contributed by atoms with Crippen molar-refractivity contribution in [1.82, 2.24) is 0 Å². The number of carboxylic acid groups (broad SMARTS) is 1. The zero-order chi connectivity index (χ0) is 18.4. The molecule has 0 saturated carbocycles. The van der Waals surface area contributed by atoms with Crippen LogP contribution in [0.1, 0.15) is 21.5 Å². The molecule has 0 aliphatic heterocycles. The Morgan fingerprint density at radius 1 is 0.962 bits per heavy atom. The van der Waals surface area contributed by atoms with E-state index in [1.807, 2.05) is 54.6 Å². The predicted octanol–water partition coefficient (Wildman–Crippen LogP) is 5.77. The second-order valence-electron chi connectivity index (χ2n) is 5.58. The first kappa shape index (κ1) is 17.5. The van der Waals surface area contributed by atoms with Crippen LogP contribution in [0, 0.1) is 11.8 Å². The lowest BCUT2D eigenvalue weighted by Crippen LogP contribution is -1.94. The van der Waals surface area contributed by atoms with Crippen LogP contribution in [0.15, 0.2) is 78.9 Å². The van der Waals surface area contributed by atoms with Crippen LogP contribution in [0.25, 0.3) is 17.2 Å². The molecule has 0 unspecified atom stereocenters. The van der Waals surface area contributed by atoms with Crippen molar-refractivity contribution in [3.63, 3.8) is 0 Å². The lowest BCUT2D eigenvalue weighted by Gasteiger charge is -2.06. The van der Waals surface area contributed by atoms with Gasteiger partial charge in [0.05, 0.1) is 5.56 Å². The van der Waals surface area contributed by atoms with Gasteiger partial charge in [-0.15, -0.1) is 0 Å². The van der Waals surface area contributed by atoms with Gasteiger partial charge in [0.25, 0.3) is 0 Å². The third-order valence-electron chi connectivity index (χ3n) is 3.79. The van der Waals surface area contributed by atoms with Crippen molar-refractivity contribution in [3.8, 4) is 23.0 Å². The Morgan fingerprint density at radius 3 is 2.46 bits per heavy atom. The van der Waals surface area contributed by atoms with E-state index in [2.05, 4.69) is 11.8 Å². The molecule has 0 spiro atoms. The average Bonchev–Trinajstić information content (AvgIpc) is 2.66. The molecular weight excluding hydrogens is 344 g/mol. The Morgan fingerprint density at radius 2 is 1.73 bits per heavy atom. The Bertz CT molecular complexity index is 1020. The topological polar surface area (TPSA) is 37.3 Å². The van der Waals surface area contributed by atoms with Gasteiger partial charge in [-0.2, -0.15) is 0 Å². The van der Waals surface area contributed by atoms with Crippen LogP contribution in [-0.2, 0) is 0 Å². The summed E-state index contributed by atoms with van der Waals surface area (Å²) in [5.41, 5.74) is 4.20. The van der Waals surface area contributed by atoms with Crippen molar-refractivity contribution < 1.29 is 9.90 Å². The summed E-state index contributed by atoms with van der Waals surface area (Å²) in [6.07, 6.45) is 3.74. The highest BCUT2D eigenvalue weighted by atomic mass is 35.5. The fraction of sp³-hybridized carbons (Fsp3) is 0. The van der Waals surface area contributed by atoms with Crippen LogP contribution < -0.4 is 0 Å². The number of halogens is 1. The molecule has 3 heteroatoms. The van der Waals surface area contributed by atoms with E-state index in [1.54, 1.807) is 30.3 Å². The minimum Gasteiger partial charge on any atom is -0.478 e. The normalized spacial score (nSPS) is 10.3. The molecule has 2 nitrogen and oxygen atoms in total. The maximum atomic E-state index is 10.8. The zero-order valence-electron chi connectivity index (χ0n) is 13.8. The lowest BCUT2D eigenvalue weighted by atomic mass is 9.99. The molecule has 0 bridgehead atoms. The highest BCUT2D eigenvalue weighted by molar-refractivity contribution is 6.30. The van der Waals surface area contributed by atoms with Gasteiger partial charge in [-0.3, -0.25) is 0 Å². The van der Waals surface area contributed by atoms with E-state index in [1.165, 1.54) is 0 Å². The van der Waals surface area contributed by atoms with Crippen molar-refractivity contribution in [2.24, 2.45) is 0 Å². The molecule has 0 aliphatic rings. The van der Waals surface area contributed by atoms with Crippen LogP contribution in [-0.4, -0.2) is 11.1 Å². The Balaban J connectivity index is 1.81. The molecule has 3 aromatic carbocycles. The lowest BCUT2D eigenvalue weighted by molar-refractivity contribution is 0.0697. The van der Waals surface area contributed by atoms with Crippen LogP contribution >= 0.6 is 11.6 Å². The van der Waals surface area contributed by atoms with Crippen molar-refractivity contribution in [2.75, 3.05) is 0 Å². The van der Waals surface area contributed by atoms with E-state index in [9.17, 15) is 4.79 Å². The standard InChI is InChI=1S/C23H15ClO2/c24-21-10-5-9-20(16-21)22-11-4-3-8-18(22)7-2-1-6-17-12-14-19(15-13-17)23(25)26/h2-5,7-16H,(H,25,26)/b7-2+. The third-order valence-corrected chi connectivity index (χ3v) is 4.03. The zero-order valence-corrected chi connectivity index (χ0v) is 14.6. The molecule has 0 amide bonds. The summed E-state index contributed by atoms with van der Waals surface area (Å²) in [6.45, 7) is 0. The third kappa shape index (κ3) is 4.42. The smallest absolute Gasteiger partial charge is 0.335 e. The molecule has 0 heterocycles. The highest BCUT2D eigenvalue weighted by Gasteiger charge is 2.02. The quantitative estimate of drug-likeness (QED) is 0.603. The number of hydrogen-bond acceptors (Lipinski definition) is 1. The SMILES string of the molecule is O=C(O)c1ccc(C#C/C=C/c2ccccc2-c2cccc(Cl)c2)cc1. The molecule has 0 saturated heterocycles. The van der Waals surface area contributed by atoms with Gasteiger partial charge in [-0.1, -0.05) is 59.8 Å². The number of carbonyl (C=O) groups is 1. The number of allylic oxidation sites excluding steroid dienone is 1. The molecule has 0 atom stereocenters. The fourth-order valence-corrected chi connectivity index (χ4v) is 2.70. The summed E-state index contributed by atoms with van der Waals surface area (Å²) < 4.78 is 0. The van der Waals surface area contributed by atoms with Gasteiger partial charge < -0.3 is 5.11 Å². The van der Waals surface area contributed by atoms with E-state index >= 15 is 0 Å². The van der Waals surface area contributed by atoms with Crippen LogP contribution in [0.2, 0.25) is 5.02 Å². The van der Waals surface area contributed by atoms with Crippen molar-refractivity contribution >= 4 is 23.6 Å². The number of rotatable bonds is 3. The first-order chi connectivity index (χ1) is 12.6. The number of hydrogen-bond donors (Lipinski definition) is 1. The Labute approximate surface area is 157 Å². The second-order valence-corrected chi connectivity index (χ2v) is 6.02. The number of aromatic carboxylic acids is 1. The molecule has 3 aromatic rings. The van der Waals surface area contributed by atoms with Gasteiger partial charge in [-0.05, 0) is 65.2 Å². The maximum Gasteiger partial charge on any atom is 0.335 e. The summed E-state index contributed by atoms with van der Waals surface area (Å²) in [4.78, 5) is 10.8. The van der Waals surface area contributed by atoms with Gasteiger partial charge in [0.15, 0.2) is 0 Å². The van der Waals surface area contributed by atoms with Crippen molar-refractivity contribution in [2.45, 2.75) is 0 Å². The van der Waals surface area contributed by atoms with E-state index in [-0.39, 0.29) is 5.56 Å². The van der Waals surface area contributed by atoms with Gasteiger partial charge in [-0.25, -0.2) is 4.79 Å². The minimum atomic E-state index is -0.943. The van der Waals surface area contributed by atoms with Crippen LogP contribution in [0.3, 0.4) is 0 Å². The summed E-state index contributed by atoms with van der Waals surface area (Å²) in [5.74, 6) is 5.04. The van der Waals surface area contributed by atoms with E-state index in [0.717, 1.165) is 22.3 Å². The van der Waals surface area contributed by atoms with Gasteiger partial charge in [0.2, 0.25) is 0 Å². The summed E-state index contributed by atoms with van der Waals surface area (Å²) in [5, 5.41) is 9.60. The van der Waals surface area contributed by atoms with Gasteiger partial charge >= 0.3 is 5.97 Å². The first-order valence-electron chi connectivity index (χ1n) is 8.00. The monoisotopic (exact) mass is 358 g/mol. The Hall–Kier alpha value is -3.28.